The summed E-state index contributed by atoms with van der Waals surface area (Å²) in [5, 5.41) is 10.4. The molecule has 0 spiro atoms. The summed E-state index contributed by atoms with van der Waals surface area (Å²) in [6.07, 6.45) is -5.76. The number of benzene rings is 2. The Morgan fingerprint density at radius 2 is 1.45 bits per heavy atom. The van der Waals surface area contributed by atoms with Crippen molar-refractivity contribution in [1.82, 2.24) is 0 Å². The summed E-state index contributed by atoms with van der Waals surface area (Å²) in [5.41, 5.74) is 1.17. The molecule has 0 heterocycles. The summed E-state index contributed by atoms with van der Waals surface area (Å²) < 4.78 is 39.0. The Kier molecular flexibility index (Phi) is 3.86. The Morgan fingerprint density at radius 3 is 2.00 bits per heavy atom. The molecule has 0 aromatic heterocycles. The second-order valence-electron chi connectivity index (χ2n) is 4.79. The number of rotatable bonds is 2. The fourth-order valence-electron chi connectivity index (χ4n) is 2.41. The predicted molar refractivity (Wildman–Crippen MR) is 71.4 cm³/mol. The van der Waals surface area contributed by atoms with Crippen molar-refractivity contribution in [3.05, 3.63) is 70.3 Å². The Balaban J connectivity index is 2.58. The highest BCUT2D eigenvalue weighted by Crippen LogP contribution is 2.37. The zero-order valence-electron chi connectivity index (χ0n) is 11.2. The van der Waals surface area contributed by atoms with Crippen molar-refractivity contribution in [2.75, 3.05) is 0 Å². The van der Waals surface area contributed by atoms with E-state index in [0.717, 1.165) is 17.2 Å². The molecule has 20 heavy (non-hydrogen) atoms. The molecular formula is C16H15F3O. The van der Waals surface area contributed by atoms with E-state index in [1.165, 1.54) is 18.2 Å². The third kappa shape index (κ3) is 2.70. The fraction of sp³-hybridized carbons (Fsp3) is 0.250. The second kappa shape index (κ2) is 5.29. The molecule has 1 unspecified atom stereocenters. The monoisotopic (exact) mass is 280 g/mol. The van der Waals surface area contributed by atoms with Crippen LogP contribution in [0.4, 0.5) is 13.2 Å². The van der Waals surface area contributed by atoms with Crippen LogP contribution in [0.5, 0.6) is 0 Å². The lowest BCUT2D eigenvalue weighted by atomic mass is 9.91. The highest BCUT2D eigenvalue weighted by molar-refractivity contribution is 5.43. The maximum absolute atomic E-state index is 13.0. The van der Waals surface area contributed by atoms with Gasteiger partial charge in [0.1, 0.15) is 6.10 Å². The molecule has 0 radical (unpaired) electrons. The van der Waals surface area contributed by atoms with Crippen molar-refractivity contribution >= 4 is 0 Å². The molecule has 0 aliphatic heterocycles. The number of hydrogen-bond acceptors (Lipinski definition) is 1. The summed E-state index contributed by atoms with van der Waals surface area (Å²) in [5.74, 6) is 0. The van der Waals surface area contributed by atoms with Gasteiger partial charge in [-0.25, -0.2) is 0 Å². The Bertz CT molecular complexity index is 597. The van der Waals surface area contributed by atoms with E-state index in [4.69, 9.17) is 0 Å². The number of aliphatic hydroxyl groups is 1. The molecule has 1 nitrogen and oxygen atoms in total. The first-order valence-electron chi connectivity index (χ1n) is 6.22. The molecule has 106 valence electrons. The molecule has 0 aliphatic carbocycles. The van der Waals surface area contributed by atoms with Gasteiger partial charge >= 0.3 is 6.18 Å². The van der Waals surface area contributed by atoms with Crippen molar-refractivity contribution in [2.24, 2.45) is 0 Å². The van der Waals surface area contributed by atoms with Gasteiger partial charge in [0.05, 0.1) is 5.56 Å². The molecule has 1 atom stereocenters. The highest BCUT2D eigenvalue weighted by atomic mass is 19.4. The number of alkyl halides is 3. The van der Waals surface area contributed by atoms with Gasteiger partial charge in [-0.15, -0.1) is 0 Å². The van der Waals surface area contributed by atoms with E-state index in [1.807, 2.05) is 6.07 Å². The molecule has 4 heteroatoms. The zero-order valence-corrected chi connectivity index (χ0v) is 11.2. The van der Waals surface area contributed by atoms with Gasteiger partial charge in [0.25, 0.3) is 0 Å². The molecule has 2 aromatic rings. The van der Waals surface area contributed by atoms with Gasteiger partial charge in [0.2, 0.25) is 0 Å². The smallest absolute Gasteiger partial charge is 0.384 e. The molecular weight excluding hydrogens is 265 g/mol. The first kappa shape index (κ1) is 14.6. The summed E-state index contributed by atoms with van der Waals surface area (Å²) in [7, 11) is 0. The van der Waals surface area contributed by atoms with Crippen LogP contribution in [0.1, 0.15) is 33.9 Å². The van der Waals surface area contributed by atoms with Crippen molar-refractivity contribution in [3.63, 3.8) is 0 Å². The molecule has 0 amide bonds. The van der Waals surface area contributed by atoms with E-state index in [-0.39, 0.29) is 5.56 Å². The van der Waals surface area contributed by atoms with Crippen LogP contribution in [0, 0.1) is 13.8 Å². The normalized spacial score (nSPS) is 13.3. The van der Waals surface area contributed by atoms with E-state index < -0.39 is 17.8 Å². The van der Waals surface area contributed by atoms with E-state index in [2.05, 4.69) is 0 Å². The third-order valence-electron chi connectivity index (χ3n) is 3.38. The maximum Gasteiger partial charge on any atom is 0.416 e. The van der Waals surface area contributed by atoms with Crippen LogP contribution < -0.4 is 0 Å². The second-order valence-corrected chi connectivity index (χ2v) is 4.79. The Labute approximate surface area is 115 Å². The predicted octanol–water partition coefficient (Wildman–Crippen LogP) is 4.40. The van der Waals surface area contributed by atoms with Crippen molar-refractivity contribution < 1.29 is 18.3 Å². The van der Waals surface area contributed by atoms with E-state index in [1.54, 1.807) is 26.0 Å². The van der Waals surface area contributed by atoms with Gasteiger partial charge < -0.3 is 5.11 Å². The van der Waals surface area contributed by atoms with Crippen LogP contribution in [0.15, 0.2) is 42.5 Å². The van der Waals surface area contributed by atoms with E-state index in [0.29, 0.717) is 5.56 Å². The highest BCUT2D eigenvalue weighted by Gasteiger charge is 2.35. The van der Waals surface area contributed by atoms with Gasteiger partial charge in [-0.05, 0) is 42.2 Å². The minimum Gasteiger partial charge on any atom is -0.384 e. The minimum absolute atomic E-state index is 0.114. The molecule has 0 saturated carbocycles. The van der Waals surface area contributed by atoms with Crippen LogP contribution >= 0.6 is 0 Å². The van der Waals surface area contributed by atoms with Crippen LogP contribution in [0.3, 0.4) is 0 Å². The average Bonchev–Trinajstić information content (AvgIpc) is 2.37. The zero-order chi connectivity index (χ0) is 14.9. The molecule has 0 saturated heterocycles. The van der Waals surface area contributed by atoms with Crippen molar-refractivity contribution in [2.45, 2.75) is 26.1 Å². The SMILES string of the molecule is Cc1cccc(C)c1C(O)c1ccccc1C(F)(F)F. The maximum atomic E-state index is 13.0. The van der Waals surface area contributed by atoms with Gasteiger partial charge in [-0.2, -0.15) is 13.2 Å². The lowest BCUT2D eigenvalue weighted by molar-refractivity contribution is -0.139. The fourth-order valence-corrected chi connectivity index (χ4v) is 2.41. The quantitative estimate of drug-likeness (QED) is 0.864. The number of aliphatic hydroxyl groups excluding tert-OH is 1. The van der Waals surface area contributed by atoms with Crippen LogP contribution in [0.2, 0.25) is 0 Å². The van der Waals surface area contributed by atoms with Crippen LogP contribution in [0.25, 0.3) is 0 Å². The molecule has 0 bridgehead atoms. The van der Waals surface area contributed by atoms with Crippen molar-refractivity contribution in [3.8, 4) is 0 Å². The lowest BCUT2D eigenvalue weighted by Crippen LogP contribution is -2.14. The van der Waals surface area contributed by atoms with Gasteiger partial charge in [0.15, 0.2) is 0 Å². The molecule has 2 aromatic carbocycles. The largest absolute Gasteiger partial charge is 0.416 e. The molecule has 2 rings (SSSR count). The summed E-state index contributed by atoms with van der Waals surface area (Å²) in [4.78, 5) is 0. The molecule has 0 fully saturated rings. The van der Waals surface area contributed by atoms with E-state index in [9.17, 15) is 18.3 Å². The number of halogens is 3. The third-order valence-corrected chi connectivity index (χ3v) is 3.38. The number of aryl methyl sites for hydroxylation is 2. The summed E-state index contributed by atoms with van der Waals surface area (Å²) in [6, 6.07) is 10.5. The number of hydrogen-bond donors (Lipinski definition) is 1. The van der Waals surface area contributed by atoms with Gasteiger partial charge in [-0.3, -0.25) is 0 Å². The summed E-state index contributed by atoms with van der Waals surface area (Å²) >= 11 is 0. The topological polar surface area (TPSA) is 20.2 Å². The van der Waals surface area contributed by atoms with Crippen LogP contribution in [-0.4, -0.2) is 5.11 Å². The van der Waals surface area contributed by atoms with Gasteiger partial charge in [0, 0.05) is 0 Å². The van der Waals surface area contributed by atoms with E-state index >= 15 is 0 Å². The minimum atomic E-state index is -4.48. The molecule has 1 N–H and O–H groups in total. The first-order chi connectivity index (χ1) is 9.32. The summed E-state index contributed by atoms with van der Waals surface area (Å²) in [6.45, 7) is 3.56. The Hall–Kier alpha value is -1.81. The van der Waals surface area contributed by atoms with Crippen LogP contribution in [-0.2, 0) is 6.18 Å². The molecule has 0 aliphatic rings. The standard InChI is InChI=1S/C16H15F3O/c1-10-6-5-7-11(2)14(10)15(20)12-8-3-4-9-13(12)16(17,18)19/h3-9,15,20H,1-2H3. The van der Waals surface area contributed by atoms with Crippen molar-refractivity contribution in [1.29, 1.82) is 0 Å². The Morgan fingerprint density at radius 1 is 0.900 bits per heavy atom. The average molecular weight is 280 g/mol. The van der Waals surface area contributed by atoms with Gasteiger partial charge in [-0.1, -0.05) is 36.4 Å². The lowest BCUT2D eigenvalue weighted by Gasteiger charge is -2.20. The first-order valence-corrected chi connectivity index (χ1v) is 6.22.